The monoisotopic (exact) mass is 309 g/mol. The van der Waals surface area contributed by atoms with E-state index in [-0.39, 0.29) is 18.0 Å². The van der Waals surface area contributed by atoms with Crippen molar-refractivity contribution in [1.82, 2.24) is 9.80 Å². The van der Waals surface area contributed by atoms with E-state index < -0.39 is 0 Å². The third-order valence-corrected chi connectivity index (χ3v) is 4.40. The number of nitrogens with two attached hydrogens (primary N) is 1. The van der Waals surface area contributed by atoms with Gasteiger partial charge in [-0.2, -0.15) is 0 Å². The van der Waals surface area contributed by atoms with E-state index in [0.29, 0.717) is 11.6 Å². The van der Waals surface area contributed by atoms with Crippen LogP contribution in [0, 0.1) is 0 Å². The molecule has 1 heterocycles. The van der Waals surface area contributed by atoms with Crippen LogP contribution in [0.3, 0.4) is 0 Å². The summed E-state index contributed by atoms with van der Waals surface area (Å²) in [4.78, 5) is 16.2. The summed E-state index contributed by atoms with van der Waals surface area (Å²) in [6, 6.07) is 7.83. The largest absolute Gasteiger partial charge is 0.345 e. The minimum atomic E-state index is -0.0142. The van der Waals surface area contributed by atoms with Crippen molar-refractivity contribution in [2.24, 2.45) is 5.73 Å². The standard InChI is InChI=1S/C16H24ClN3O/c1-3-14(18)16(12-6-4-7-13(17)10-12)20-9-5-8-19(2)15(21)11-20/h4,6-7,10,14,16H,3,5,8-9,11,18H2,1-2H3. The van der Waals surface area contributed by atoms with E-state index in [4.69, 9.17) is 17.3 Å². The van der Waals surface area contributed by atoms with Crippen molar-refractivity contribution in [3.8, 4) is 0 Å². The van der Waals surface area contributed by atoms with Crippen LogP contribution < -0.4 is 5.73 Å². The molecule has 1 aliphatic rings. The zero-order valence-corrected chi connectivity index (χ0v) is 13.5. The van der Waals surface area contributed by atoms with E-state index in [9.17, 15) is 4.79 Å². The third kappa shape index (κ3) is 3.96. The van der Waals surface area contributed by atoms with Crippen molar-refractivity contribution in [2.45, 2.75) is 31.8 Å². The van der Waals surface area contributed by atoms with E-state index >= 15 is 0 Å². The molecule has 2 rings (SSSR count). The molecule has 0 saturated carbocycles. The minimum Gasteiger partial charge on any atom is -0.345 e. The zero-order valence-electron chi connectivity index (χ0n) is 12.8. The summed E-state index contributed by atoms with van der Waals surface area (Å²) in [7, 11) is 1.86. The SMILES string of the molecule is CCC(N)C(c1cccc(Cl)c1)N1CCCN(C)C(=O)C1. The van der Waals surface area contributed by atoms with Gasteiger partial charge in [0.05, 0.1) is 12.6 Å². The van der Waals surface area contributed by atoms with E-state index in [1.165, 1.54) is 0 Å². The van der Waals surface area contributed by atoms with E-state index in [2.05, 4.69) is 11.8 Å². The van der Waals surface area contributed by atoms with Gasteiger partial charge in [-0.05, 0) is 30.5 Å². The fourth-order valence-corrected chi connectivity index (χ4v) is 3.09. The second kappa shape index (κ2) is 7.25. The topological polar surface area (TPSA) is 49.6 Å². The van der Waals surface area contributed by atoms with Gasteiger partial charge in [0.1, 0.15) is 0 Å². The highest BCUT2D eigenvalue weighted by Gasteiger charge is 2.29. The Bertz CT molecular complexity index is 494. The zero-order chi connectivity index (χ0) is 15.4. The molecule has 116 valence electrons. The van der Waals surface area contributed by atoms with Gasteiger partial charge < -0.3 is 10.6 Å². The number of carbonyl (C=O) groups excluding carboxylic acids is 1. The van der Waals surface area contributed by atoms with Crippen LogP contribution in [-0.4, -0.2) is 48.4 Å². The molecule has 0 spiro atoms. The molecule has 1 aromatic rings. The summed E-state index contributed by atoms with van der Waals surface area (Å²) < 4.78 is 0. The highest BCUT2D eigenvalue weighted by Crippen LogP contribution is 2.28. The summed E-state index contributed by atoms with van der Waals surface area (Å²) in [5.41, 5.74) is 7.44. The highest BCUT2D eigenvalue weighted by molar-refractivity contribution is 6.30. The van der Waals surface area contributed by atoms with Crippen molar-refractivity contribution in [2.75, 3.05) is 26.7 Å². The van der Waals surface area contributed by atoms with Crippen molar-refractivity contribution in [1.29, 1.82) is 0 Å². The molecule has 2 unspecified atom stereocenters. The maximum atomic E-state index is 12.2. The van der Waals surface area contributed by atoms with Gasteiger partial charge in [0.15, 0.2) is 0 Å². The fraction of sp³-hybridized carbons (Fsp3) is 0.562. The number of nitrogens with zero attached hydrogens (tertiary/aromatic N) is 2. The quantitative estimate of drug-likeness (QED) is 0.928. The number of amides is 1. The summed E-state index contributed by atoms with van der Waals surface area (Å²) in [5.74, 6) is 0.155. The lowest BCUT2D eigenvalue weighted by molar-refractivity contribution is -0.130. The molecule has 0 radical (unpaired) electrons. The molecule has 21 heavy (non-hydrogen) atoms. The van der Waals surface area contributed by atoms with Crippen LogP contribution >= 0.6 is 11.6 Å². The predicted molar refractivity (Wildman–Crippen MR) is 86.3 cm³/mol. The second-order valence-corrected chi connectivity index (χ2v) is 6.15. The lowest BCUT2D eigenvalue weighted by Crippen LogP contribution is -2.44. The predicted octanol–water partition coefficient (Wildman–Crippen LogP) is 2.28. The molecule has 1 fully saturated rings. The Morgan fingerprint density at radius 1 is 1.38 bits per heavy atom. The van der Waals surface area contributed by atoms with Gasteiger partial charge in [0.25, 0.3) is 0 Å². The molecular formula is C16H24ClN3O. The van der Waals surface area contributed by atoms with Gasteiger partial charge in [0.2, 0.25) is 5.91 Å². The van der Waals surface area contributed by atoms with Gasteiger partial charge >= 0.3 is 0 Å². The Kier molecular flexibility index (Phi) is 5.62. The van der Waals surface area contributed by atoms with E-state index in [1.54, 1.807) is 4.90 Å². The van der Waals surface area contributed by atoms with Gasteiger partial charge in [-0.1, -0.05) is 30.7 Å². The Balaban J connectivity index is 2.29. The molecule has 0 bridgehead atoms. The lowest BCUT2D eigenvalue weighted by atomic mass is 9.96. The normalized spacial score (nSPS) is 20.2. The van der Waals surface area contributed by atoms with Crippen molar-refractivity contribution < 1.29 is 4.79 Å². The maximum Gasteiger partial charge on any atom is 0.236 e. The first kappa shape index (κ1) is 16.3. The van der Waals surface area contributed by atoms with Crippen LogP contribution in [0.2, 0.25) is 5.02 Å². The number of carbonyl (C=O) groups is 1. The van der Waals surface area contributed by atoms with Crippen LogP contribution in [0.1, 0.15) is 31.4 Å². The number of rotatable bonds is 4. The molecular weight excluding hydrogens is 286 g/mol. The van der Waals surface area contributed by atoms with Gasteiger partial charge in [0, 0.05) is 31.2 Å². The number of hydrogen-bond donors (Lipinski definition) is 1. The van der Waals surface area contributed by atoms with E-state index in [1.807, 2.05) is 31.3 Å². The summed E-state index contributed by atoms with van der Waals surface area (Å²) in [5, 5.41) is 0.707. The van der Waals surface area contributed by atoms with Crippen LogP contribution in [-0.2, 0) is 4.79 Å². The van der Waals surface area contributed by atoms with Gasteiger partial charge in [-0.25, -0.2) is 0 Å². The Labute approximate surface area is 131 Å². The van der Waals surface area contributed by atoms with Crippen molar-refractivity contribution >= 4 is 17.5 Å². The number of benzene rings is 1. The average molecular weight is 310 g/mol. The third-order valence-electron chi connectivity index (χ3n) is 4.16. The molecule has 1 amide bonds. The maximum absolute atomic E-state index is 12.2. The smallest absolute Gasteiger partial charge is 0.236 e. The molecule has 1 saturated heterocycles. The Hall–Kier alpha value is -1.10. The Morgan fingerprint density at radius 3 is 2.81 bits per heavy atom. The number of halogens is 1. The molecule has 2 atom stereocenters. The van der Waals surface area contributed by atoms with Crippen molar-refractivity contribution in [3.05, 3.63) is 34.9 Å². The molecule has 2 N–H and O–H groups in total. The first-order valence-corrected chi connectivity index (χ1v) is 7.89. The number of hydrogen-bond acceptors (Lipinski definition) is 3. The van der Waals surface area contributed by atoms with Crippen molar-refractivity contribution in [3.63, 3.8) is 0 Å². The fourth-order valence-electron chi connectivity index (χ4n) is 2.89. The van der Waals surface area contributed by atoms with Crippen LogP contribution in [0.25, 0.3) is 0 Å². The molecule has 0 aliphatic carbocycles. The first-order valence-electron chi connectivity index (χ1n) is 7.52. The molecule has 1 aromatic carbocycles. The van der Waals surface area contributed by atoms with Crippen LogP contribution in [0.4, 0.5) is 0 Å². The Morgan fingerprint density at radius 2 is 2.14 bits per heavy atom. The van der Waals surface area contributed by atoms with E-state index in [0.717, 1.165) is 31.5 Å². The second-order valence-electron chi connectivity index (χ2n) is 5.71. The molecule has 0 aromatic heterocycles. The minimum absolute atomic E-state index is 0.0142. The van der Waals surface area contributed by atoms with Crippen LogP contribution in [0.15, 0.2) is 24.3 Å². The molecule has 5 heteroatoms. The molecule has 4 nitrogen and oxygen atoms in total. The summed E-state index contributed by atoms with van der Waals surface area (Å²) in [6.07, 6.45) is 1.83. The molecule has 1 aliphatic heterocycles. The van der Waals surface area contributed by atoms with Gasteiger partial charge in [-0.3, -0.25) is 9.69 Å². The highest BCUT2D eigenvalue weighted by atomic mass is 35.5. The first-order chi connectivity index (χ1) is 10.0. The number of likely N-dealkylation sites (N-methyl/N-ethyl adjacent to an activating group) is 1. The van der Waals surface area contributed by atoms with Gasteiger partial charge in [-0.15, -0.1) is 0 Å². The average Bonchev–Trinajstić information content (AvgIpc) is 2.61. The van der Waals surface area contributed by atoms with Crippen LogP contribution in [0.5, 0.6) is 0 Å². The summed E-state index contributed by atoms with van der Waals surface area (Å²) >= 11 is 6.13. The lowest BCUT2D eigenvalue weighted by Gasteiger charge is -2.34. The summed E-state index contributed by atoms with van der Waals surface area (Å²) in [6.45, 7) is 4.18.